The zero-order valence-corrected chi connectivity index (χ0v) is 27.3. The molecule has 0 bridgehead atoms. The Labute approximate surface area is 277 Å². The van der Waals surface area contributed by atoms with Crippen molar-refractivity contribution in [1.29, 1.82) is 0 Å². The Kier molecular flexibility index (Phi) is 8.08. The number of rotatable bonds is 9. The monoisotopic (exact) mass is 673 g/mol. The van der Waals surface area contributed by atoms with Gasteiger partial charge in [0, 0.05) is 25.3 Å². The predicted molar refractivity (Wildman–Crippen MR) is 183 cm³/mol. The van der Waals surface area contributed by atoms with Crippen molar-refractivity contribution in [3.8, 4) is 0 Å². The second-order valence-corrected chi connectivity index (χ2v) is 14.1. The molecule has 2 saturated carbocycles. The van der Waals surface area contributed by atoms with Crippen LogP contribution in [-0.2, 0) is 7.05 Å². The highest BCUT2D eigenvalue weighted by Crippen LogP contribution is 2.38. The van der Waals surface area contributed by atoms with E-state index in [2.05, 4.69) is 31.2 Å². The van der Waals surface area contributed by atoms with Crippen molar-refractivity contribution in [3.63, 3.8) is 0 Å². The topological polar surface area (TPSA) is 175 Å². The molecule has 2 fully saturated rings. The summed E-state index contributed by atoms with van der Waals surface area (Å²) in [5.74, 6) is 2.46. The van der Waals surface area contributed by atoms with Crippen molar-refractivity contribution < 1.29 is 14.7 Å². The molecule has 0 saturated heterocycles. The number of anilines is 6. The third-order valence-corrected chi connectivity index (χ3v) is 10.8. The van der Waals surface area contributed by atoms with Crippen molar-refractivity contribution in [2.75, 3.05) is 20.9 Å². The fourth-order valence-electron chi connectivity index (χ4n) is 6.60. The first-order valence-corrected chi connectivity index (χ1v) is 17.6. The standard InChI is InChI=1S/C31H35N11O3S2/c1-41-15-20(14-32-41)42(31-38-23-9-11-47-27(23)29(40-31)34-17-2-5-21(43)6-3-17)24-12-18(4-7-25(24)44)35-28-26-22(8-10-46-26)37-30(39-28)36-19-13-33-45-16-19/h8-11,13-18,21,24-25,43-44H,2-7,12H2,1H3,(H,34,38,40)(H2,35,36,37,39)/t17?,18-,21?,24?,25-/m1/s1. The van der Waals surface area contributed by atoms with Gasteiger partial charge < -0.3 is 35.6 Å². The summed E-state index contributed by atoms with van der Waals surface area (Å²) in [6.07, 6.45) is 11.2. The van der Waals surface area contributed by atoms with Crippen LogP contribution in [0.2, 0.25) is 0 Å². The van der Waals surface area contributed by atoms with E-state index in [-0.39, 0.29) is 24.2 Å². The van der Waals surface area contributed by atoms with Crippen molar-refractivity contribution in [1.82, 2.24) is 34.9 Å². The number of nitrogens with zero attached hydrogens (tertiary/aromatic N) is 8. The molecular formula is C31H35N11O3S2. The van der Waals surface area contributed by atoms with Crippen LogP contribution in [0.5, 0.6) is 0 Å². The van der Waals surface area contributed by atoms with Crippen molar-refractivity contribution >= 4 is 78.0 Å². The summed E-state index contributed by atoms with van der Waals surface area (Å²) in [4.78, 5) is 21.7. The average Bonchev–Trinajstić information content (AvgIpc) is 3.89. The van der Waals surface area contributed by atoms with Crippen LogP contribution in [0.4, 0.5) is 34.9 Å². The van der Waals surface area contributed by atoms with Gasteiger partial charge in [-0.2, -0.15) is 15.1 Å². The van der Waals surface area contributed by atoms with Gasteiger partial charge in [-0.15, -0.1) is 22.7 Å². The maximum Gasteiger partial charge on any atom is 0.232 e. The molecule has 244 valence electrons. The summed E-state index contributed by atoms with van der Waals surface area (Å²) < 4.78 is 8.67. The quantitative estimate of drug-likeness (QED) is 0.132. The van der Waals surface area contributed by atoms with Gasteiger partial charge in [-0.1, -0.05) is 5.16 Å². The van der Waals surface area contributed by atoms with E-state index in [4.69, 9.17) is 19.5 Å². The molecule has 6 aromatic heterocycles. The maximum atomic E-state index is 11.6. The molecule has 2 aliphatic carbocycles. The molecule has 16 heteroatoms. The summed E-state index contributed by atoms with van der Waals surface area (Å²) in [6.45, 7) is 0. The normalized spacial score (nSPS) is 23.3. The van der Waals surface area contributed by atoms with E-state index in [1.54, 1.807) is 39.7 Å². The van der Waals surface area contributed by atoms with Gasteiger partial charge in [-0.05, 0) is 67.8 Å². The molecule has 0 spiro atoms. The van der Waals surface area contributed by atoms with Crippen molar-refractivity contribution in [3.05, 3.63) is 47.7 Å². The zero-order valence-electron chi connectivity index (χ0n) is 25.7. The molecule has 2 aliphatic rings. The minimum Gasteiger partial charge on any atom is -0.393 e. The van der Waals surface area contributed by atoms with Crippen LogP contribution in [-0.4, -0.2) is 75.4 Å². The fourth-order valence-corrected chi connectivity index (χ4v) is 8.17. The van der Waals surface area contributed by atoms with E-state index in [9.17, 15) is 10.2 Å². The minimum atomic E-state index is -0.621. The molecule has 1 unspecified atom stereocenters. The fraction of sp³-hybridized carbons (Fsp3) is 0.419. The van der Waals surface area contributed by atoms with E-state index in [1.165, 1.54) is 6.26 Å². The molecule has 6 aromatic rings. The number of fused-ring (bicyclic) bond motifs is 2. The lowest BCUT2D eigenvalue weighted by molar-refractivity contribution is 0.103. The van der Waals surface area contributed by atoms with Gasteiger partial charge >= 0.3 is 0 Å². The largest absolute Gasteiger partial charge is 0.393 e. The minimum absolute atomic E-state index is 0.00218. The van der Waals surface area contributed by atoms with Gasteiger partial charge in [0.1, 0.15) is 23.6 Å². The number of hydrogen-bond donors (Lipinski definition) is 5. The second-order valence-electron chi connectivity index (χ2n) is 12.3. The van der Waals surface area contributed by atoms with Gasteiger partial charge in [-0.3, -0.25) is 4.68 Å². The molecule has 0 amide bonds. The Bertz CT molecular complexity index is 1970. The van der Waals surface area contributed by atoms with Crippen LogP contribution < -0.4 is 20.9 Å². The maximum absolute atomic E-state index is 11.6. The van der Waals surface area contributed by atoms with E-state index >= 15 is 0 Å². The number of aliphatic hydroxyl groups excluding tert-OH is 2. The molecular weight excluding hydrogens is 639 g/mol. The number of nitrogens with one attached hydrogen (secondary N) is 3. The molecule has 8 rings (SSSR count). The molecule has 47 heavy (non-hydrogen) atoms. The Balaban J connectivity index is 1.11. The van der Waals surface area contributed by atoms with Crippen LogP contribution in [0.15, 0.2) is 52.3 Å². The smallest absolute Gasteiger partial charge is 0.232 e. The summed E-state index contributed by atoms with van der Waals surface area (Å²) in [5.41, 5.74) is 3.15. The zero-order chi connectivity index (χ0) is 31.9. The molecule has 3 atom stereocenters. The Morgan fingerprint density at radius 3 is 2.32 bits per heavy atom. The van der Waals surface area contributed by atoms with E-state index in [0.717, 1.165) is 69.9 Å². The lowest BCUT2D eigenvalue weighted by Crippen LogP contribution is -2.49. The molecule has 0 radical (unpaired) electrons. The molecule has 14 nitrogen and oxygen atoms in total. The van der Waals surface area contributed by atoms with E-state index < -0.39 is 6.10 Å². The lowest BCUT2D eigenvalue weighted by Gasteiger charge is -2.40. The van der Waals surface area contributed by atoms with Gasteiger partial charge in [0.05, 0.1) is 56.8 Å². The van der Waals surface area contributed by atoms with Crippen LogP contribution in [0, 0.1) is 0 Å². The van der Waals surface area contributed by atoms with Gasteiger partial charge in [0.2, 0.25) is 11.9 Å². The molecule has 6 heterocycles. The van der Waals surface area contributed by atoms with E-state index in [1.807, 2.05) is 41.0 Å². The van der Waals surface area contributed by atoms with Crippen molar-refractivity contribution in [2.24, 2.45) is 7.05 Å². The van der Waals surface area contributed by atoms with Gasteiger partial charge in [0.25, 0.3) is 0 Å². The second kappa shape index (κ2) is 12.7. The van der Waals surface area contributed by atoms with Gasteiger partial charge in [-0.25, -0.2) is 9.97 Å². The number of aromatic nitrogens is 7. The Morgan fingerprint density at radius 1 is 0.872 bits per heavy atom. The summed E-state index contributed by atoms with van der Waals surface area (Å²) >= 11 is 3.19. The average molecular weight is 674 g/mol. The highest BCUT2D eigenvalue weighted by atomic mass is 32.1. The molecule has 0 aromatic carbocycles. The summed E-state index contributed by atoms with van der Waals surface area (Å²) in [6, 6.07) is 3.87. The highest BCUT2D eigenvalue weighted by molar-refractivity contribution is 7.18. The first-order chi connectivity index (χ1) is 23.0. The lowest BCUT2D eigenvalue weighted by atomic mass is 9.87. The number of hydrogen-bond acceptors (Lipinski definition) is 15. The SMILES string of the molecule is Cn1cc(N(c2nc(NC3CCC(O)CC3)c3sccc3n2)C2C[C@H](Nc3nc(Nc4cnoc4)nc4ccsc34)CC[C@H]2O)cn1. The van der Waals surface area contributed by atoms with Crippen LogP contribution in [0.3, 0.4) is 0 Å². The highest BCUT2D eigenvalue weighted by Gasteiger charge is 2.37. The predicted octanol–water partition coefficient (Wildman–Crippen LogP) is 5.41. The summed E-state index contributed by atoms with van der Waals surface area (Å²) in [7, 11) is 1.88. The number of aliphatic hydroxyl groups is 2. The van der Waals surface area contributed by atoms with Gasteiger partial charge in [0.15, 0.2) is 0 Å². The van der Waals surface area contributed by atoms with E-state index in [0.29, 0.717) is 30.4 Å². The Morgan fingerprint density at radius 2 is 1.60 bits per heavy atom. The summed E-state index contributed by atoms with van der Waals surface area (Å²) in [5, 5.41) is 44.4. The van der Waals surface area contributed by atoms with Crippen LogP contribution in [0.25, 0.3) is 20.4 Å². The first kappa shape index (κ1) is 30.0. The third kappa shape index (κ3) is 6.20. The Hall–Kier alpha value is -4.38. The number of thiophene rings is 2. The first-order valence-electron chi connectivity index (χ1n) is 15.8. The van der Waals surface area contributed by atoms with Crippen LogP contribution >= 0.6 is 22.7 Å². The molecule has 0 aliphatic heterocycles. The number of aryl methyl sites for hydroxylation is 1. The third-order valence-electron chi connectivity index (χ3n) is 8.96. The molecule has 5 N–H and O–H groups in total. The van der Waals surface area contributed by atoms with Crippen molar-refractivity contribution in [2.45, 2.75) is 75.3 Å². The van der Waals surface area contributed by atoms with Crippen LogP contribution in [0.1, 0.15) is 44.9 Å².